The Kier molecular flexibility index (Phi) is 8.15. The minimum absolute atomic E-state index is 0.0325. The van der Waals surface area contributed by atoms with E-state index >= 15 is 0 Å². The maximum atomic E-state index is 6.78. The molecule has 0 atom stereocenters. The van der Waals surface area contributed by atoms with Crippen molar-refractivity contribution in [1.29, 1.82) is 0 Å². The molecule has 9 aromatic carbocycles. The van der Waals surface area contributed by atoms with Crippen molar-refractivity contribution < 1.29 is 8.83 Å². The van der Waals surface area contributed by atoms with E-state index in [1.807, 2.05) is 11.8 Å². The van der Waals surface area contributed by atoms with Gasteiger partial charge >= 0.3 is 0 Å². The molecule has 5 aliphatic heterocycles. The van der Waals surface area contributed by atoms with Crippen molar-refractivity contribution in [3.63, 3.8) is 0 Å². The molecule has 2 aromatic heterocycles. The number of unbranched alkanes of at least 4 members (excludes halogenated alkanes) is 2. The van der Waals surface area contributed by atoms with E-state index in [-0.39, 0.29) is 13.4 Å². The lowest BCUT2D eigenvalue weighted by atomic mass is 9.28. The summed E-state index contributed by atoms with van der Waals surface area (Å²) < 4.78 is 13.6. The summed E-state index contributed by atoms with van der Waals surface area (Å²) in [7, 11) is 0. The molecule has 0 amide bonds. The van der Waals surface area contributed by atoms with Crippen molar-refractivity contribution in [2.24, 2.45) is 0 Å². The summed E-state index contributed by atoms with van der Waals surface area (Å²) in [5, 5.41) is 4.63. The Morgan fingerprint density at radius 2 is 0.857 bits per heavy atom. The Morgan fingerprint density at radius 3 is 1.33 bits per heavy atom. The maximum absolute atomic E-state index is 6.78. The molecule has 0 N–H and O–H groups in total. The summed E-state index contributed by atoms with van der Waals surface area (Å²) in [5.74, 6) is 0. The molecule has 332 valence electrons. The fourth-order valence-corrected chi connectivity index (χ4v) is 14.4. The lowest BCUT2D eigenvalue weighted by Crippen LogP contribution is -2.69. The molecule has 0 unspecified atom stereocenters. The lowest BCUT2D eigenvalue weighted by Gasteiger charge is -2.52. The van der Waals surface area contributed by atoms with Gasteiger partial charge in [-0.25, -0.2) is 0 Å². The Bertz CT molecular complexity index is 3810. The smallest absolute Gasteiger partial charge is 0.252 e. The fraction of sp³-hybridized carbons (Fsp3) is 0.129. The summed E-state index contributed by atoms with van der Waals surface area (Å²) in [6.45, 7) is 4.57. The van der Waals surface area contributed by atoms with Gasteiger partial charge in [0.25, 0.3) is 13.4 Å². The zero-order valence-electron chi connectivity index (χ0n) is 39.1. The standard InChI is InChI=1S/C62H45B2N3O2S/c1-3-5-17-36-27-46-60-56(29-36)70-57-30-37(18-6-4-2)28-47-61(57)67(60)62-58-50(65(38-19-9-7-10-20-38)48-34-54-42(31-44(48)63(46)58)40-23-13-15-25-52(40)68-54)33-51-59(62)64(47)45-32-43-41-24-14-16-26-53(41)69-55(43)35-49(45)66(51)39-21-11-8-12-22-39/h7-16,19-35H,3-6,17-18H2,1-2H3. The van der Waals surface area contributed by atoms with Crippen LogP contribution in [0, 0.1) is 0 Å². The minimum atomic E-state index is -0.0325. The van der Waals surface area contributed by atoms with Crippen LogP contribution in [0.2, 0.25) is 0 Å². The van der Waals surface area contributed by atoms with Gasteiger partial charge < -0.3 is 23.5 Å². The average Bonchev–Trinajstić information content (AvgIpc) is 3.95. The first kappa shape index (κ1) is 39.3. The maximum Gasteiger partial charge on any atom is 0.252 e. The predicted molar refractivity (Wildman–Crippen MR) is 296 cm³/mol. The molecule has 5 aliphatic rings. The van der Waals surface area contributed by atoms with Crippen molar-refractivity contribution in [2.45, 2.75) is 62.2 Å². The number of nitrogens with zero attached hydrogens (tertiary/aromatic N) is 3. The second kappa shape index (κ2) is 14.5. The highest BCUT2D eigenvalue weighted by Crippen LogP contribution is 2.57. The van der Waals surface area contributed by atoms with E-state index in [1.54, 1.807) is 0 Å². The van der Waals surface area contributed by atoms with Crippen LogP contribution in [0.4, 0.5) is 51.2 Å². The van der Waals surface area contributed by atoms with Gasteiger partial charge in [-0.05, 0) is 124 Å². The highest BCUT2D eigenvalue weighted by atomic mass is 32.2. The van der Waals surface area contributed by atoms with Gasteiger partial charge in [-0.15, -0.1) is 0 Å². The molecule has 0 saturated carbocycles. The topological polar surface area (TPSA) is 36.0 Å². The molecule has 0 bridgehead atoms. The third-order valence-electron chi connectivity index (χ3n) is 16.1. The molecular weight excluding hydrogens is 872 g/mol. The van der Waals surface area contributed by atoms with E-state index < -0.39 is 0 Å². The monoisotopic (exact) mass is 917 g/mol. The highest BCUT2D eigenvalue weighted by Gasteiger charge is 2.54. The Labute approximate surface area is 411 Å². The Morgan fingerprint density at radius 1 is 0.400 bits per heavy atom. The molecule has 0 aliphatic carbocycles. The number of rotatable bonds is 8. The fourth-order valence-electron chi connectivity index (χ4n) is 13.1. The number of anilines is 9. The summed E-state index contributed by atoms with van der Waals surface area (Å²) in [4.78, 5) is 10.6. The number of hydrogen-bond donors (Lipinski definition) is 0. The van der Waals surface area contributed by atoms with Crippen LogP contribution < -0.4 is 47.5 Å². The van der Waals surface area contributed by atoms with Crippen LogP contribution in [0.5, 0.6) is 0 Å². The summed E-state index contributed by atoms with van der Waals surface area (Å²) >= 11 is 2.01. The molecule has 5 nitrogen and oxygen atoms in total. The first-order chi connectivity index (χ1) is 34.6. The van der Waals surface area contributed by atoms with Crippen molar-refractivity contribution in [2.75, 3.05) is 14.7 Å². The molecule has 70 heavy (non-hydrogen) atoms. The van der Waals surface area contributed by atoms with E-state index in [2.05, 4.69) is 192 Å². The van der Waals surface area contributed by atoms with Gasteiger partial charge in [0.05, 0.1) is 11.4 Å². The predicted octanol–water partition coefficient (Wildman–Crippen LogP) is 13.3. The van der Waals surface area contributed by atoms with E-state index in [0.29, 0.717) is 0 Å². The Hall–Kier alpha value is -7.54. The highest BCUT2D eigenvalue weighted by molar-refractivity contribution is 7.99. The average molecular weight is 918 g/mol. The van der Waals surface area contributed by atoms with Crippen LogP contribution in [0.25, 0.3) is 43.9 Å². The van der Waals surface area contributed by atoms with E-state index in [4.69, 9.17) is 8.83 Å². The quantitative estimate of drug-likeness (QED) is 0.141. The van der Waals surface area contributed by atoms with Crippen LogP contribution in [0.1, 0.15) is 50.7 Å². The van der Waals surface area contributed by atoms with Crippen molar-refractivity contribution in [1.82, 2.24) is 0 Å². The summed E-state index contributed by atoms with van der Waals surface area (Å²) in [6.07, 6.45) is 6.74. The third-order valence-corrected chi connectivity index (χ3v) is 17.1. The molecule has 0 radical (unpaired) electrons. The second-order valence-electron chi connectivity index (χ2n) is 20.0. The van der Waals surface area contributed by atoms with Crippen LogP contribution in [-0.2, 0) is 12.8 Å². The van der Waals surface area contributed by atoms with Crippen molar-refractivity contribution >= 4 is 153 Å². The normalized spacial score (nSPS) is 14.3. The number of hydrogen-bond acceptors (Lipinski definition) is 6. The van der Waals surface area contributed by atoms with Gasteiger partial charge in [0, 0.05) is 83.3 Å². The van der Waals surface area contributed by atoms with Crippen LogP contribution in [0.15, 0.2) is 182 Å². The van der Waals surface area contributed by atoms with Gasteiger partial charge in [0.15, 0.2) is 0 Å². The van der Waals surface area contributed by atoms with E-state index in [0.717, 1.165) is 105 Å². The molecule has 0 fully saturated rings. The first-order valence-electron chi connectivity index (χ1n) is 25.3. The van der Waals surface area contributed by atoms with Gasteiger partial charge in [0.1, 0.15) is 22.3 Å². The molecule has 11 aromatic rings. The van der Waals surface area contributed by atoms with E-state index in [1.165, 1.54) is 82.1 Å². The minimum Gasteiger partial charge on any atom is -0.456 e. The Balaban J connectivity index is 1.10. The number of benzene rings is 9. The first-order valence-corrected chi connectivity index (χ1v) is 26.1. The number of furan rings is 2. The third kappa shape index (κ3) is 5.21. The van der Waals surface area contributed by atoms with Gasteiger partial charge in [-0.2, -0.15) is 0 Å². The summed E-state index contributed by atoms with van der Waals surface area (Å²) in [5.41, 5.74) is 25.7. The zero-order valence-corrected chi connectivity index (χ0v) is 39.9. The number of aryl methyl sites for hydroxylation is 2. The molecule has 7 heterocycles. The van der Waals surface area contributed by atoms with Gasteiger partial charge in [0.2, 0.25) is 0 Å². The van der Waals surface area contributed by atoms with E-state index in [9.17, 15) is 0 Å². The number of para-hydroxylation sites is 4. The molecule has 0 spiro atoms. The lowest BCUT2D eigenvalue weighted by molar-refractivity contribution is 0.668. The zero-order chi connectivity index (χ0) is 45.9. The molecule has 16 rings (SSSR count). The molecule has 0 saturated heterocycles. The summed E-state index contributed by atoms with van der Waals surface area (Å²) in [6, 6.07) is 61.7. The second-order valence-corrected chi connectivity index (χ2v) is 21.1. The van der Waals surface area contributed by atoms with Gasteiger partial charge in [-0.1, -0.05) is 136 Å². The molecular formula is C62H45B2N3O2S. The van der Waals surface area contributed by atoms with Crippen molar-refractivity contribution in [3.8, 4) is 0 Å². The van der Waals surface area contributed by atoms with Gasteiger partial charge in [-0.3, -0.25) is 0 Å². The SMILES string of the molecule is CCCCc1cc2c3c(c1)B1c4cc5c(cc4N(c4ccccc4)c4cc6c7c(c41)N3c1c(cc(CCCC)cc1B7c1cc3c(cc1N6c1ccccc1)oc1ccccc13)S2)oc1ccccc15. The van der Waals surface area contributed by atoms with Crippen LogP contribution >= 0.6 is 11.8 Å². The molecule has 8 heteroatoms. The van der Waals surface area contributed by atoms with Crippen molar-refractivity contribution in [3.05, 3.63) is 175 Å². The van der Waals surface area contributed by atoms with Crippen LogP contribution in [-0.4, -0.2) is 13.4 Å². The largest absolute Gasteiger partial charge is 0.456 e. The van der Waals surface area contributed by atoms with Crippen LogP contribution in [0.3, 0.4) is 0 Å². The number of fused-ring (bicyclic) bond motifs is 12.